The summed E-state index contributed by atoms with van der Waals surface area (Å²) in [6, 6.07) is 6.35. The Morgan fingerprint density at radius 1 is 1.50 bits per heavy atom. The van der Waals surface area contributed by atoms with Crippen LogP contribution in [0.15, 0.2) is 18.2 Å². The van der Waals surface area contributed by atoms with Gasteiger partial charge in [-0.25, -0.2) is 0 Å². The van der Waals surface area contributed by atoms with Crippen molar-refractivity contribution in [3.63, 3.8) is 0 Å². The minimum absolute atomic E-state index is 0.0778. The molecule has 0 aromatic heterocycles. The van der Waals surface area contributed by atoms with Gasteiger partial charge in [0.05, 0.1) is 12.6 Å². The van der Waals surface area contributed by atoms with Gasteiger partial charge >= 0.3 is 0 Å². The minimum atomic E-state index is -0.0778. The lowest BCUT2D eigenvalue weighted by molar-refractivity contribution is -0.123. The van der Waals surface area contributed by atoms with E-state index in [1.54, 1.807) is 0 Å². The maximum absolute atomic E-state index is 12.0. The molecule has 1 saturated heterocycles. The maximum Gasteiger partial charge on any atom is 0.237 e. The topological polar surface area (TPSA) is 50.4 Å². The zero-order valence-corrected chi connectivity index (χ0v) is 11.9. The summed E-state index contributed by atoms with van der Waals surface area (Å²) in [5.41, 5.74) is 2.60. The third-order valence-electron chi connectivity index (χ3n) is 4.26. The Hall–Kier alpha value is -1.55. The van der Waals surface area contributed by atoms with E-state index in [0.29, 0.717) is 12.5 Å². The molecule has 1 fully saturated rings. The van der Waals surface area contributed by atoms with Gasteiger partial charge < -0.3 is 15.4 Å². The highest BCUT2D eigenvalue weighted by Gasteiger charge is 2.30. The van der Waals surface area contributed by atoms with Gasteiger partial charge in [0.25, 0.3) is 0 Å². The van der Waals surface area contributed by atoms with Crippen molar-refractivity contribution in [2.75, 3.05) is 19.7 Å². The molecule has 2 heterocycles. The van der Waals surface area contributed by atoms with Crippen molar-refractivity contribution in [2.45, 2.75) is 38.1 Å². The standard InChI is InChI=1S/C16H22N2O2/c1-2-17-16(19)14-10-12(6-8-18-14)13-5-3-4-11-7-9-20-15(11)13/h3-5,12,14,18H,2,6-10H2,1H3,(H,17,19). The van der Waals surface area contributed by atoms with Gasteiger partial charge in [-0.3, -0.25) is 4.79 Å². The van der Waals surface area contributed by atoms with E-state index in [9.17, 15) is 4.79 Å². The molecule has 1 aromatic carbocycles. The largest absolute Gasteiger partial charge is 0.493 e. The number of hydrogen-bond donors (Lipinski definition) is 2. The van der Waals surface area contributed by atoms with Crippen molar-refractivity contribution >= 4 is 5.91 Å². The van der Waals surface area contributed by atoms with E-state index < -0.39 is 0 Å². The zero-order chi connectivity index (χ0) is 13.9. The van der Waals surface area contributed by atoms with Crippen LogP contribution in [0.3, 0.4) is 0 Å². The zero-order valence-electron chi connectivity index (χ0n) is 11.9. The Kier molecular flexibility index (Phi) is 3.92. The first-order chi connectivity index (χ1) is 9.79. The molecule has 1 aromatic rings. The molecule has 2 aliphatic heterocycles. The fourth-order valence-electron chi connectivity index (χ4n) is 3.26. The molecule has 2 atom stereocenters. The number of piperidine rings is 1. The number of nitrogens with one attached hydrogen (secondary N) is 2. The van der Waals surface area contributed by atoms with Crippen molar-refractivity contribution < 1.29 is 9.53 Å². The number of benzene rings is 1. The van der Waals surface area contributed by atoms with Crippen LogP contribution >= 0.6 is 0 Å². The van der Waals surface area contributed by atoms with E-state index in [4.69, 9.17) is 4.74 Å². The van der Waals surface area contributed by atoms with Crippen molar-refractivity contribution in [3.05, 3.63) is 29.3 Å². The molecule has 1 amide bonds. The highest BCUT2D eigenvalue weighted by molar-refractivity contribution is 5.81. The molecule has 2 N–H and O–H groups in total. The van der Waals surface area contributed by atoms with Crippen LogP contribution in [0.1, 0.15) is 36.8 Å². The second kappa shape index (κ2) is 5.83. The summed E-state index contributed by atoms with van der Waals surface area (Å²) < 4.78 is 5.81. The number of ether oxygens (including phenoxy) is 1. The molecule has 0 aliphatic carbocycles. The summed E-state index contributed by atoms with van der Waals surface area (Å²) in [5, 5.41) is 6.23. The summed E-state index contributed by atoms with van der Waals surface area (Å²) in [5.74, 6) is 1.61. The average molecular weight is 274 g/mol. The monoisotopic (exact) mass is 274 g/mol. The van der Waals surface area contributed by atoms with Crippen LogP contribution in [0.25, 0.3) is 0 Å². The Bertz CT molecular complexity index is 501. The van der Waals surface area contributed by atoms with Gasteiger partial charge in [-0.05, 0) is 43.4 Å². The van der Waals surface area contributed by atoms with Gasteiger partial charge in [-0.15, -0.1) is 0 Å². The van der Waals surface area contributed by atoms with E-state index in [0.717, 1.165) is 38.2 Å². The first kappa shape index (κ1) is 13.4. The summed E-state index contributed by atoms with van der Waals surface area (Å²) in [7, 11) is 0. The molecule has 0 spiro atoms. The van der Waals surface area contributed by atoms with E-state index in [1.807, 2.05) is 6.92 Å². The summed E-state index contributed by atoms with van der Waals surface area (Å²) in [4.78, 5) is 12.0. The van der Waals surface area contributed by atoms with Crippen molar-refractivity contribution in [2.24, 2.45) is 0 Å². The van der Waals surface area contributed by atoms with E-state index in [2.05, 4.69) is 28.8 Å². The number of amides is 1. The van der Waals surface area contributed by atoms with Gasteiger partial charge in [0.2, 0.25) is 5.91 Å². The normalized spacial score (nSPS) is 24.9. The predicted octanol–water partition coefficient (Wildman–Crippen LogP) is 1.59. The number of hydrogen-bond acceptors (Lipinski definition) is 3. The number of carbonyl (C=O) groups excluding carboxylic acids is 1. The molecule has 2 aliphatic rings. The number of rotatable bonds is 3. The fourth-order valence-corrected chi connectivity index (χ4v) is 3.26. The first-order valence-electron chi connectivity index (χ1n) is 7.55. The molecule has 108 valence electrons. The first-order valence-corrected chi connectivity index (χ1v) is 7.55. The lowest BCUT2D eigenvalue weighted by Gasteiger charge is -2.30. The minimum Gasteiger partial charge on any atom is -0.493 e. The Labute approximate surface area is 119 Å². The molecule has 4 nitrogen and oxygen atoms in total. The number of likely N-dealkylation sites (N-methyl/N-ethyl adjacent to an activating group) is 1. The molecule has 4 heteroatoms. The van der Waals surface area contributed by atoms with Gasteiger partial charge in [0.15, 0.2) is 0 Å². The molecule has 0 bridgehead atoms. The van der Waals surface area contributed by atoms with Crippen LogP contribution in [-0.2, 0) is 11.2 Å². The van der Waals surface area contributed by atoms with Gasteiger partial charge in [0, 0.05) is 13.0 Å². The second-order valence-electron chi connectivity index (χ2n) is 5.56. The Morgan fingerprint density at radius 2 is 2.40 bits per heavy atom. The van der Waals surface area contributed by atoms with Crippen LogP contribution in [0.5, 0.6) is 5.75 Å². The molecular weight excluding hydrogens is 252 g/mol. The third kappa shape index (κ3) is 2.52. The van der Waals surface area contributed by atoms with Crippen molar-refractivity contribution in [1.29, 1.82) is 0 Å². The second-order valence-corrected chi connectivity index (χ2v) is 5.56. The number of fused-ring (bicyclic) bond motifs is 1. The van der Waals surface area contributed by atoms with E-state index >= 15 is 0 Å². The average Bonchev–Trinajstić information content (AvgIpc) is 2.96. The summed E-state index contributed by atoms with van der Waals surface area (Å²) >= 11 is 0. The Morgan fingerprint density at radius 3 is 3.25 bits per heavy atom. The van der Waals surface area contributed by atoms with Crippen LogP contribution in [-0.4, -0.2) is 31.6 Å². The predicted molar refractivity (Wildman–Crippen MR) is 78.1 cm³/mol. The maximum atomic E-state index is 12.0. The van der Waals surface area contributed by atoms with E-state index in [-0.39, 0.29) is 11.9 Å². The fraction of sp³-hybridized carbons (Fsp3) is 0.562. The molecular formula is C16H22N2O2. The number of para-hydroxylation sites is 1. The lowest BCUT2D eigenvalue weighted by atomic mass is 9.85. The van der Waals surface area contributed by atoms with Crippen LogP contribution in [0.2, 0.25) is 0 Å². The molecule has 0 saturated carbocycles. The molecule has 20 heavy (non-hydrogen) atoms. The van der Waals surface area contributed by atoms with Crippen molar-refractivity contribution in [3.8, 4) is 5.75 Å². The molecule has 0 radical (unpaired) electrons. The van der Waals surface area contributed by atoms with Crippen LogP contribution in [0, 0.1) is 0 Å². The SMILES string of the molecule is CCNC(=O)C1CC(c2cccc3c2OCC3)CCN1. The van der Waals surface area contributed by atoms with Crippen molar-refractivity contribution in [1.82, 2.24) is 10.6 Å². The quantitative estimate of drug-likeness (QED) is 0.880. The molecule has 2 unspecified atom stereocenters. The van der Waals surface area contributed by atoms with Gasteiger partial charge in [-0.2, -0.15) is 0 Å². The summed E-state index contributed by atoms with van der Waals surface area (Å²) in [6.07, 6.45) is 2.93. The molecule has 3 rings (SSSR count). The number of carbonyl (C=O) groups is 1. The lowest BCUT2D eigenvalue weighted by Crippen LogP contribution is -2.48. The summed E-state index contributed by atoms with van der Waals surface area (Å²) in [6.45, 7) is 4.31. The van der Waals surface area contributed by atoms with Gasteiger partial charge in [-0.1, -0.05) is 18.2 Å². The van der Waals surface area contributed by atoms with Crippen LogP contribution in [0.4, 0.5) is 0 Å². The Balaban J connectivity index is 1.77. The van der Waals surface area contributed by atoms with E-state index in [1.165, 1.54) is 11.1 Å². The van der Waals surface area contributed by atoms with Gasteiger partial charge in [0.1, 0.15) is 5.75 Å². The third-order valence-corrected chi connectivity index (χ3v) is 4.26. The van der Waals surface area contributed by atoms with Crippen LogP contribution < -0.4 is 15.4 Å². The highest BCUT2D eigenvalue weighted by atomic mass is 16.5. The smallest absolute Gasteiger partial charge is 0.237 e. The highest BCUT2D eigenvalue weighted by Crippen LogP contribution is 2.38.